The SMILES string of the molecule is CC(C)c1cccc(-c2cc3ccc(O)cc3o2)c1. The molecule has 2 heteroatoms. The first-order chi connectivity index (χ1) is 9.13. The van der Waals surface area contributed by atoms with Gasteiger partial charge in [0.15, 0.2) is 0 Å². The molecule has 0 spiro atoms. The summed E-state index contributed by atoms with van der Waals surface area (Å²) in [6.45, 7) is 4.35. The van der Waals surface area contributed by atoms with E-state index in [2.05, 4.69) is 32.0 Å². The van der Waals surface area contributed by atoms with Crippen molar-refractivity contribution in [1.82, 2.24) is 0 Å². The van der Waals surface area contributed by atoms with E-state index in [1.165, 1.54) is 5.56 Å². The molecule has 1 aromatic heterocycles. The molecule has 96 valence electrons. The van der Waals surface area contributed by atoms with Gasteiger partial charge in [-0.3, -0.25) is 0 Å². The van der Waals surface area contributed by atoms with Gasteiger partial charge in [0.05, 0.1) is 0 Å². The smallest absolute Gasteiger partial charge is 0.138 e. The summed E-state index contributed by atoms with van der Waals surface area (Å²) < 4.78 is 5.81. The van der Waals surface area contributed by atoms with Gasteiger partial charge >= 0.3 is 0 Å². The standard InChI is InChI=1S/C17H16O2/c1-11(2)12-4-3-5-13(8-12)16-9-14-6-7-15(18)10-17(14)19-16/h3-11,18H,1-2H3. The highest BCUT2D eigenvalue weighted by Gasteiger charge is 2.08. The lowest BCUT2D eigenvalue weighted by Gasteiger charge is -2.06. The van der Waals surface area contributed by atoms with Crippen molar-refractivity contribution in [3.63, 3.8) is 0 Å². The third kappa shape index (κ3) is 2.22. The van der Waals surface area contributed by atoms with Crippen LogP contribution < -0.4 is 0 Å². The second kappa shape index (κ2) is 4.47. The molecule has 2 aromatic carbocycles. The second-order valence-corrected chi connectivity index (χ2v) is 5.11. The number of fused-ring (bicyclic) bond motifs is 1. The number of aromatic hydroxyl groups is 1. The van der Waals surface area contributed by atoms with Crippen LogP contribution in [0.3, 0.4) is 0 Å². The van der Waals surface area contributed by atoms with Crippen molar-refractivity contribution in [2.75, 3.05) is 0 Å². The van der Waals surface area contributed by atoms with Crippen molar-refractivity contribution in [3.05, 3.63) is 54.1 Å². The Balaban J connectivity index is 2.11. The van der Waals surface area contributed by atoms with Crippen LogP contribution in [0.2, 0.25) is 0 Å². The molecule has 3 aromatic rings. The summed E-state index contributed by atoms with van der Waals surface area (Å²) in [6, 6.07) is 15.6. The van der Waals surface area contributed by atoms with E-state index in [0.717, 1.165) is 16.7 Å². The van der Waals surface area contributed by atoms with E-state index in [4.69, 9.17) is 4.42 Å². The Morgan fingerprint density at radius 2 is 1.84 bits per heavy atom. The van der Waals surface area contributed by atoms with E-state index >= 15 is 0 Å². The average molecular weight is 252 g/mol. The first kappa shape index (κ1) is 11.8. The molecule has 19 heavy (non-hydrogen) atoms. The van der Waals surface area contributed by atoms with Gasteiger partial charge < -0.3 is 9.52 Å². The van der Waals surface area contributed by atoms with E-state index in [1.54, 1.807) is 12.1 Å². The highest BCUT2D eigenvalue weighted by Crippen LogP contribution is 2.31. The van der Waals surface area contributed by atoms with Gasteiger partial charge in [0.2, 0.25) is 0 Å². The minimum atomic E-state index is 0.226. The van der Waals surface area contributed by atoms with Crippen LogP contribution in [0, 0.1) is 0 Å². The van der Waals surface area contributed by atoms with Crippen molar-refractivity contribution >= 4 is 11.0 Å². The number of furan rings is 1. The highest BCUT2D eigenvalue weighted by atomic mass is 16.3. The first-order valence-electron chi connectivity index (χ1n) is 6.46. The molecule has 0 radical (unpaired) electrons. The maximum atomic E-state index is 9.47. The lowest BCUT2D eigenvalue weighted by atomic mass is 10.00. The van der Waals surface area contributed by atoms with Crippen molar-refractivity contribution in [1.29, 1.82) is 0 Å². The van der Waals surface area contributed by atoms with Gasteiger partial charge in [0, 0.05) is 17.0 Å². The maximum absolute atomic E-state index is 9.47. The van der Waals surface area contributed by atoms with Gasteiger partial charge in [-0.2, -0.15) is 0 Å². The minimum Gasteiger partial charge on any atom is -0.508 e. The lowest BCUT2D eigenvalue weighted by Crippen LogP contribution is -1.86. The Morgan fingerprint density at radius 3 is 2.63 bits per heavy atom. The van der Waals surface area contributed by atoms with Gasteiger partial charge in [0.25, 0.3) is 0 Å². The molecular formula is C17H16O2. The summed E-state index contributed by atoms with van der Waals surface area (Å²) in [5.74, 6) is 1.56. The summed E-state index contributed by atoms with van der Waals surface area (Å²) in [5, 5.41) is 10.5. The molecule has 0 unspecified atom stereocenters. The molecule has 0 atom stereocenters. The molecule has 0 fully saturated rings. The fraction of sp³-hybridized carbons (Fsp3) is 0.176. The van der Waals surface area contributed by atoms with E-state index in [-0.39, 0.29) is 5.75 Å². The molecule has 2 nitrogen and oxygen atoms in total. The third-order valence-electron chi connectivity index (χ3n) is 3.34. The quantitative estimate of drug-likeness (QED) is 0.701. The summed E-state index contributed by atoms with van der Waals surface area (Å²) in [6.07, 6.45) is 0. The Labute approximate surface area is 112 Å². The largest absolute Gasteiger partial charge is 0.508 e. The fourth-order valence-electron chi connectivity index (χ4n) is 2.21. The minimum absolute atomic E-state index is 0.226. The molecule has 0 aliphatic rings. The molecule has 0 saturated carbocycles. The van der Waals surface area contributed by atoms with Gasteiger partial charge in [0.1, 0.15) is 17.1 Å². The highest BCUT2D eigenvalue weighted by molar-refractivity contribution is 5.83. The van der Waals surface area contributed by atoms with Crippen molar-refractivity contribution in [2.24, 2.45) is 0 Å². The zero-order valence-electron chi connectivity index (χ0n) is 11.1. The van der Waals surface area contributed by atoms with Crippen LogP contribution in [0.25, 0.3) is 22.3 Å². The van der Waals surface area contributed by atoms with E-state index < -0.39 is 0 Å². The number of hydrogen-bond acceptors (Lipinski definition) is 2. The lowest BCUT2D eigenvalue weighted by molar-refractivity contribution is 0.474. The molecular weight excluding hydrogens is 236 g/mol. The number of rotatable bonds is 2. The fourth-order valence-corrected chi connectivity index (χ4v) is 2.21. The molecule has 0 saturated heterocycles. The molecule has 0 aliphatic carbocycles. The topological polar surface area (TPSA) is 33.4 Å². The van der Waals surface area contributed by atoms with Crippen LogP contribution >= 0.6 is 0 Å². The van der Waals surface area contributed by atoms with Crippen LogP contribution in [-0.4, -0.2) is 5.11 Å². The number of benzene rings is 2. The molecule has 1 N–H and O–H groups in total. The summed E-state index contributed by atoms with van der Waals surface area (Å²) in [5.41, 5.74) is 3.08. The van der Waals surface area contributed by atoms with E-state index in [1.807, 2.05) is 18.2 Å². The van der Waals surface area contributed by atoms with Crippen molar-refractivity contribution in [2.45, 2.75) is 19.8 Å². The van der Waals surface area contributed by atoms with Crippen LogP contribution in [0.4, 0.5) is 0 Å². The predicted octanol–water partition coefficient (Wildman–Crippen LogP) is 4.93. The summed E-state index contributed by atoms with van der Waals surface area (Å²) >= 11 is 0. The second-order valence-electron chi connectivity index (χ2n) is 5.11. The summed E-state index contributed by atoms with van der Waals surface area (Å²) in [7, 11) is 0. The van der Waals surface area contributed by atoms with Gasteiger partial charge in [-0.15, -0.1) is 0 Å². The molecule has 0 amide bonds. The number of phenolic OH excluding ortho intramolecular Hbond substituents is 1. The molecule has 3 rings (SSSR count). The normalized spacial score (nSPS) is 11.3. The van der Waals surface area contributed by atoms with Crippen LogP contribution in [0.5, 0.6) is 5.75 Å². The number of hydrogen-bond donors (Lipinski definition) is 1. The van der Waals surface area contributed by atoms with E-state index in [0.29, 0.717) is 11.5 Å². The first-order valence-corrected chi connectivity index (χ1v) is 6.46. The molecule has 0 bridgehead atoms. The monoisotopic (exact) mass is 252 g/mol. The molecule has 1 heterocycles. The Bertz CT molecular complexity index is 723. The Morgan fingerprint density at radius 1 is 1.00 bits per heavy atom. The van der Waals surface area contributed by atoms with Crippen LogP contribution in [0.1, 0.15) is 25.3 Å². The molecule has 0 aliphatic heterocycles. The number of phenols is 1. The van der Waals surface area contributed by atoms with Gasteiger partial charge in [-0.05, 0) is 35.7 Å². The Kier molecular flexibility index (Phi) is 2.79. The van der Waals surface area contributed by atoms with Gasteiger partial charge in [-0.1, -0.05) is 32.0 Å². The Hall–Kier alpha value is -2.22. The van der Waals surface area contributed by atoms with Gasteiger partial charge in [-0.25, -0.2) is 0 Å². The van der Waals surface area contributed by atoms with Crippen LogP contribution in [0.15, 0.2) is 52.9 Å². The summed E-state index contributed by atoms with van der Waals surface area (Å²) in [4.78, 5) is 0. The van der Waals surface area contributed by atoms with Crippen molar-refractivity contribution < 1.29 is 9.52 Å². The van der Waals surface area contributed by atoms with Crippen molar-refractivity contribution in [3.8, 4) is 17.1 Å². The maximum Gasteiger partial charge on any atom is 0.138 e. The third-order valence-corrected chi connectivity index (χ3v) is 3.34. The zero-order valence-corrected chi connectivity index (χ0v) is 11.1. The zero-order chi connectivity index (χ0) is 13.4. The van der Waals surface area contributed by atoms with E-state index in [9.17, 15) is 5.11 Å². The predicted molar refractivity (Wildman–Crippen MR) is 77.4 cm³/mol. The average Bonchev–Trinajstić information content (AvgIpc) is 2.81. The van der Waals surface area contributed by atoms with Crippen LogP contribution in [-0.2, 0) is 0 Å².